The molecule has 1 heterocycles. The summed E-state index contributed by atoms with van der Waals surface area (Å²) in [6.07, 6.45) is 17.5. The number of hydrogen-bond acceptors (Lipinski definition) is 3. The number of rotatable bonds is 5. The van der Waals surface area contributed by atoms with Crippen molar-refractivity contribution in [3.8, 4) is 6.01 Å². The molecule has 2 aliphatic carbocycles. The van der Waals surface area contributed by atoms with Crippen molar-refractivity contribution in [2.24, 2.45) is 17.3 Å². The van der Waals surface area contributed by atoms with Gasteiger partial charge in [0.15, 0.2) is 0 Å². The van der Waals surface area contributed by atoms with Gasteiger partial charge in [0.25, 0.3) is 0 Å². The van der Waals surface area contributed by atoms with Crippen LogP contribution in [0, 0.1) is 17.3 Å². The molecule has 3 heteroatoms. The first-order valence-electron chi connectivity index (χ1n) is 9.24. The summed E-state index contributed by atoms with van der Waals surface area (Å²) in [5, 5.41) is 0. The van der Waals surface area contributed by atoms with E-state index < -0.39 is 0 Å². The molecule has 1 aromatic rings. The van der Waals surface area contributed by atoms with Crippen LogP contribution in [0.5, 0.6) is 6.01 Å². The summed E-state index contributed by atoms with van der Waals surface area (Å²) in [5.41, 5.74) is 0.588. The lowest BCUT2D eigenvalue weighted by Crippen LogP contribution is -2.40. The van der Waals surface area contributed by atoms with E-state index in [0.717, 1.165) is 12.5 Å². The first-order chi connectivity index (χ1) is 10.8. The molecule has 0 aliphatic heterocycles. The zero-order chi connectivity index (χ0) is 15.3. The lowest BCUT2D eigenvalue weighted by molar-refractivity contribution is 0.00238. The first kappa shape index (κ1) is 15.8. The zero-order valence-corrected chi connectivity index (χ0v) is 14.0. The van der Waals surface area contributed by atoms with Crippen LogP contribution in [0.25, 0.3) is 0 Å². The van der Waals surface area contributed by atoms with Crippen molar-refractivity contribution >= 4 is 0 Å². The largest absolute Gasteiger partial charge is 0.463 e. The molecule has 0 spiro atoms. The van der Waals surface area contributed by atoms with Crippen molar-refractivity contribution in [1.29, 1.82) is 0 Å². The third-order valence-corrected chi connectivity index (χ3v) is 6.22. The number of ether oxygens (including phenoxy) is 1. The maximum absolute atomic E-state index is 5.93. The highest BCUT2D eigenvalue weighted by molar-refractivity contribution is 4.96. The monoisotopic (exact) mass is 302 g/mol. The molecular weight excluding hydrogens is 272 g/mol. The maximum atomic E-state index is 5.93. The van der Waals surface area contributed by atoms with Gasteiger partial charge in [0.2, 0.25) is 0 Å². The van der Waals surface area contributed by atoms with E-state index in [9.17, 15) is 0 Å². The predicted molar refractivity (Wildman–Crippen MR) is 88.8 cm³/mol. The van der Waals surface area contributed by atoms with Gasteiger partial charge in [0.05, 0.1) is 6.61 Å². The van der Waals surface area contributed by atoms with Crippen LogP contribution in [0.1, 0.15) is 71.1 Å². The third-order valence-electron chi connectivity index (χ3n) is 6.22. The SMILES string of the molecule is CCC1([C@H]2CCCC[C@@H]2COc2ncccn2)CCCCC1. The van der Waals surface area contributed by atoms with Gasteiger partial charge in [-0.05, 0) is 49.0 Å². The maximum Gasteiger partial charge on any atom is 0.316 e. The zero-order valence-electron chi connectivity index (χ0n) is 14.0. The Balaban J connectivity index is 1.67. The van der Waals surface area contributed by atoms with Gasteiger partial charge < -0.3 is 4.74 Å². The Hall–Kier alpha value is -1.12. The van der Waals surface area contributed by atoms with E-state index in [1.54, 1.807) is 12.4 Å². The third kappa shape index (κ3) is 3.44. The Morgan fingerprint density at radius 1 is 1.05 bits per heavy atom. The van der Waals surface area contributed by atoms with Gasteiger partial charge in [-0.2, -0.15) is 0 Å². The molecule has 0 radical (unpaired) electrons. The number of aromatic nitrogens is 2. The summed E-state index contributed by atoms with van der Waals surface area (Å²) in [6.45, 7) is 3.22. The summed E-state index contributed by atoms with van der Waals surface area (Å²) < 4.78 is 5.93. The molecule has 1 aromatic heterocycles. The van der Waals surface area contributed by atoms with Crippen LogP contribution in [-0.4, -0.2) is 16.6 Å². The van der Waals surface area contributed by atoms with Crippen molar-refractivity contribution in [2.75, 3.05) is 6.61 Å². The number of nitrogens with zero attached hydrogens (tertiary/aromatic N) is 2. The van der Waals surface area contributed by atoms with Crippen LogP contribution in [-0.2, 0) is 0 Å². The van der Waals surface area contributed by atoms with E-state index in [4.69, 9.17) is 4.74 Å². The van der Waals surface area contributed by atoms with Gasteiger partial charge in [-0.3, -0.25) is 0 Å². The second kappa shape index (κ2) is 7.43. The summed E-state index contributed by atoms with van der Waals surface area (Å²) in [4.78, 5) is 8.41. The van der Waals surface area contributed by atoms with Crippen molar-refractivity contribution in [3.63, 3.8) is 0 Å². The molecule has 2 aliphatic rings. The molecule has 22 heavy (non-hydrogen) atoms. The van der Waals surface area contributed by atoms with Crippen LogP contribution in [0.4, 0.5) is 0 Å². The average Bonchev–Trinajstić information content (AvgIpc) is 2.62. The topological polar surface area (TPSA) is 35.0 Å². The first-order valence-corrected chi connectivity index (χ1v) is 9.24. The van der Waals surface area contributed by atoms with Crippen molar-refractivity contribution in [2.45, 2.75) is 71.1 Å². The summed E-state index contributed by atoms with van der Waals surface area (Å²) in [6, 6.07) is 2.38. The summed E-state index contributed by atoms with van der Waals surface area (Å²) in [7, 11) is 0. The lowest BCUT2D eigenvalue weighted by Gasteiger charge is -2.48. The Morgan fingerprint density at radius 2 is 1.77 bits per heavy atom. The van der Waals surface area contributed by atoms with Gasteiger partial charge in [-0.25, -0.2) is 9.97 Å². The van der Waals surface area contributed by atoms with Crippen LogP contribution in [0.3, 0.4) is 0 Å². The smallest absolute Gasteiger partial charge is 0.316 e. The second-order valence-electron chi connectivity index (χ2n) is 7.27. The van der Waals surface area contributed by atoms with Crippen molar-refractivity contribution in [1.82, 2.24) is 9.97 Å². The van der Waals surface area contributed by atoms with E-state index in [0.29, 0.717) is 17.3 Å². The average molecular weight is 302 g/mol. The van der Waals surface area contributed by atoms with E-state index in [2.05, 4.69) is 16.9 Å². The Bertz CT molecular complexity index is 442. The predicted octanol–water partition coefficient (Wildman–Crippen LogP) is 5.02. The van der Waals surface area contributed by atoms with Crippen molar-refractivity contribution < 1.29 is 4.74 Å². The van der Waals surface area contributed by atoms with Crippen LogP contribution < -0.4 is 4.74 Å². The minimum Gasteiger partial charge on any atom is -0.463 e. The fourth-order valence-corrected chi connectivity index (χ4v) is 5.00. The molecule has 0 bridgehead atoms. The standard InChI is InChI=1S/C19H30N2O/c1-2-19(11-6-3-7-12-19)17-10-5-4-9-16(17)15-22-18-20-13-8-14-21-18/h8,13-14,16-17H,2-7,9-12,15H2,1H3/t16-,17+/m1/s1. The van der Waals surface area contributed by atoms with Crippen LogP contribution >= 0.6 is 0 Å². The van der Waals surface area contributed by atoms with Crippen molar-refractivity contribution in [3.05, 3.63) is 18.5 Å². The molecule has 122 valence electrons. The lowest BCUT2D eigenvalue weighted by atomic mass is 9.57. The normalized spacial score (nSPS) is 28.2. The number of hydrogen-bond donors (Lipinski definition) is 0. The molecule has 3 rings (SSSR count). The molecule has 3 nitrogen and oxygen atoms in total. The fourth-order valence-electron chi connectivity index (χ4n) is 5.00. The molecule has 2 atom stereocenters. The van der Waals surface area contributed by atoms with Gasteiger partial charge >= 0.3 is 6.01 Å². The Morgan fingerprint density at radius 3 is 2.50 bits per heavy atom. The molecule has 0 saturated heterocycles. The molecule has 2 saturated carbocycles. The van der Waals surface area contributed by atoms with Crippen LogP contribution in [0.15, 0.2) is 18.5 Å². The molecule has 0 N–H and O–H groups in total. The fraction of sp³-hybridized carbons (Fsp3) is 0.789. The van der Waals surface area contributed by atoms with E-state index >= 15 is 0 Å². The van der Waals surface area contributed by atoms with Gasteiger partial charge in [-0.1, -0.05) is 45.4 Å². The minimum absolute atomic E-state index is 0.543. The highest BCUT2D eigenvalue weighted by Crippen LogP contribution is 2.52. The summed E-state index contributed by atoms with van der Waals surface area (Å²) in [5.74, 6) is 1.53. The van der Waals surface area contributed by atoms with E-state index in [-0.39, 0.29) is 0 Å². The van der Waals surface area contributed by atoms with Gasteiger partial charge in [0.1, 0.15) is 0 Å². The van der Waals surface area contributed by atoms with Gasteiger partial charge in [0, 0.05) is 12.4 Å². The minimum atomic E-state index is 0.543. The Labute approximate surface area is 134 Å². The van der Waals surface area contributed by atoms with E-state index in [1.165, 1.54) is 64.2 Å². The van der Waals surface area contributed by atoms with Crippen LogP contribution in [0.2, 0.25) is 0 Å². The molecule has 0 unspecified atom stereocenters. The molecule has 0 amide bonds. The highest BCUT2D eigenvalue weighted by atomic mass is 16.5. The molecule has 2 fully saturated rings. The second-order valence-corrected chi connectivity index (χ2v) is 7.27. The highest BCUT2D eigenvalue weighted by Gasteiger charge is 2.43. The summed E-state index contributed by atoms with van der Waals surface area (Å²) >= 11 is 0. The molecule has 0 aromatic carbocycles. The Kier molecular flexibility index (Phi) is 5.32. The van der Waals surface area contributed by atoms with Gasteiger partial charge in [-0.15, -0.1) is 0 Å². The van der Waals surface area contributed by atoms with E-state index in [1.807, 2.05) is 6.07 Å². The quantitative estimate of drug-likeness (QED) is 0.765. The molecular formula is C19H30N2O.